The van der Waals surface area contributed by atoms with Gasteiger partial charge in [0.05, 0.1) is 18.9 Å². The zero-order chi connectivity index (χ0) is 19.5. The number of nitro groups is 1. The van der Waals surface area contributed by atoms with Gasteiger partial charge in [-0.05, 0) is 17.1 Å². The SMILES string of the molecule is Cn1c([N+](=O)[O-])cnc1Cn1cc(CN2CCN(c3ccncc3)CC2)nn1. The molecule has 0 N–H and O–H groups in total. The van der Waals surface area contributed by atoms with Crippen LogP contribution in [-0.2, 0) is 20.1 Å². The first-order valence-corrected chi connectivity index (χ1v) is 9.01. The lowest BCUT2D eigenvalue weighted by molar-refractivity contribution is -0.391. The average molecular weight is 383 g/mol. The zero-order valence-corrected chi connectivity index (χ0v) is 15.5. The number of anilines is 1. The minimum Gasteiger partial charge on any atom is -0.369 e. The molecular formula is C17H21N9O2. The van der Waals surface area contributed by atoms with Crippen molar-refractivity contribution in [2.24, 2.45) is 7.05 Å². The molecule has 146 valence electrons. The molecule has 0 radical (unpaired) electrons. The largest absolute Gasteiger partial charge is 0.369 e. The Labute approximate surface area is 161 Å². The lowest BCUT2D eigenvalue weighted by Gasteiger charge is -2.35. The third-order valence-corrected chi connectivity index (χ3v) is 4.92. The van der Waals surface area contributed by atoms with E-state index in [0.717, 1.165) is 38.4 Å². The van der Waals surface area contributed by atoms with E-state index in [-0.39, 0.29) is 5.82 Å². The maximum atomic E-state index is 10.9. The number of piperazine rings is 1. The fraction of sp³-hybridized carbons (Fsp3) is 0.412. The van der Waals surface area contributed by atoms with Crippen molar-refractivity contribution in [3.05, 3.63) is 58.6 Å². The second-order valence-corrected chi connectivity index (χ2v) is 6.72. The molecular weight excluding hydrogens is 362 g/mol. The highest BCUT2D eigenvalue weighted by Gasteiger charge is 2.20. The molecule has 3 aromatic heterocycles. The molecule has 0 aliphatic carbocycles. The van der Waals surface area contributed by atoms with E-state index in [1.165, 1.54) is 16.5 Å². The first kappa shape index (κ1) is 18.0. The topological polar surface area (TPSA) is 111 Å². The number of imidazole rings is 1. The van der Waals surface area contributed by atoms with Crippen LogP contribution < -0.4 is 4.90 Å². The first-order chi connectivity index (χ1) is 13.6. The highest BCUT2D eigenvalue weighted by molar-refractivity contribution is 5.44. The summed E-state index contributed by atoms with van der Waals surface area (Å²) < 4.78 is 3.12. The van der Waals surface area contributed by atoms with Gasteiger partial charge in [-0.1, -0.05) is 5.21 Å². The molecule has 1 saturated heterocycles. The molecule has 0 spiro atoms. The van der Waals surface area contributed by atoms with Crippen molar-refractivity contribution in [2.75, 3.05) is 31.1 Å². The predicted molar refractivity (Wildman–Crippen MR) is 101 cm³/mol. The Morgan fingerprint density at radius 1 is 1.14 bits per heavy atom. The van der Waals surface area contributed by atoms with Crippen LogP contribution in [0.5, 0.6) is 0 Å². The molecule has 0 bridgehead atoms. The van der Waals surface area contributed by atoms with Gasteiger partial charge in [-0.25, -0.2) is 14.2 Å². The average Bonchev–Trinajstić information content (AvgIpc) is 3.30. The van der Waals surface area contributed by atoms with E-state index in [1.54, 1.807) is 11.7 Å². The summed E-state index contributed by atoms with van der Waals surface area (Å²) in [5, 5.41) is 19.3. The number of pyridine rings is 1. The lowest BCUT2D eigenvalue weighted by Crippen LogP contribution is -2.46. The molecule has 4 heterocycles. The first-order valence-electron chi connectivity index (χ1n) is 9.01. The maximum Gasteiger partial charge on any atom is 0.342 e. The molecule has 0 aromatic carbocycles. The summed E-state index contributed by atoms with van der Waals surface area (Å²) in [5.41, 5.74) is 2.07. The van der Waals surface area contributed by atoms with Gasteiger partial charge < -0.3 is 15.0 Å². The third-order valence-electron chi connectivity index (χ3n) is 4.92. The molecule has 28 heavy (non-hydrogen) atoms. The number of hydrogen-bond acceptors (Lipinski definition) is 8. The second kappa shape index (κ2) is 7.72. The lowest BCUT2D eigenvalue weighted by atomic mass is 10.2. The third kappa shape index (κ3) is 3.83. The van der Waals surface area contributed by atoms with E-state index in [2.05, 4.69) is 30.1 Å². The molecule has 0 atom stereocenters. The fourth-order valence-electron chi connectivity index (χ4n) is 3.34. The Morgan fingerprint density at radius 3 is 2.57 bits per heavy atom. The van der Waals surface area contributed by atoms with Crippen molar-refractivity contribution in [1.29, 1.82) is 0 Å². The van der Waals surface area contributed by atoms with Gasteiger partial charge in [0.2, 0.25) is 5.82 Å². The smallest absolute Gasteiger partial charge is 0.342 e. The van der Waals surface area contributed by atoms with Gasteiger partial charge in [-0.15, -0.1) is 5.10 Å². The van der Waals surface area contributed by atoms with E-state index < -0.39 is 4.92 Å². The van der Waals surface area contributed by atoms with E-state index in [9.17, 15) is 10.1 Å². The Hall–Kier alpha value is -3.34. The van der Waals surface area contributed by atoms with Gasteiger partial charge in [0.15, 0.2) is 0 Å². The molecule has 0 amide bonds. The minimum absolute atomic E-state index is 0.0394. The monoisotopic (exact) mass is 383 g/mol. The van der Waals surface area contributed by atoms with Crippen molar-refractivity contribution in [3.63, 3.8) is 0 Å². The molecule has 0 unspecified atom stereocenters. The summed E-state index contributed by atoms with van der Waals surface area (Å²) in [6, 6.07) is 4.06. The van der Waals surface area contributed by atoms with Crippen LogP contribution in [0.15, 0.2) is 36.9 Å². The van der Waals surface area contributed by atoms with Gasteiger partial charge in [0.25, 0.3) is 0 Å². The van der Waals surface area contributed by atoms with Gasteiger partial charge in [0, 0.05) is 50.8 Å². The fourth-order valence-corrected chi connectivity index (χ4v) is 3.34. The second-order valence-electron chi connectivity index (χ2n) is 6.72. The summed E-state index contributed by atoms with van der Waals surface area (Å²) in [7, 11) is 1.63. The van der Waals surface area contributed by atoms with Crippen molar-refractivity contribution < 1.29 is 4.92 Å². The highest BCUT2D eigenvalue weighted by atomic mass is 16.6. The van der Waals surface area contributed by atoms with Gasteiger partial charge in [-0.2, -0.15) is 0 Å². The van der Waals surface area contributed by atoms with Crippen LogP contribution in [0.1, 0.15) is 11.5 Å². The van der Waals surface area contributed by atoms with E-state index in [1.807, 2.05) is 30.7 Å². The van der Waals surface area contributed by atoms with Crippen LogP contribution in [0, 0.1) is 10.1 Å². The standard InChI is InChI=1S/C17H21N9O2/c1-22-16(19-10-17(22)26(27)28)13-25-12-14(20-21-25)11-23-6-8-24(9-7-23)15-2-4-18-5-3-15/h2-5,10,12H,6-9,11,13H2,1H3. The van der Waals surface area contributed by atoms with Gasteiger partial charge in [-0.3, -0.25) is 9.88 Å². The van der Waals surface area contributed by atoms with Crippen LogP contribution in [0.4, 0.5) is 11.5 Å². The summed E-state index contributed by atoms with van der Waals surface area (Å²) in [6.45, 7) is 4.86. The van der Waals surface area contributed by atoms with Crippen LogP contribution in [0.2, 0.25) is 0 Å². The van der Waals surface area contributed by atoms with Crippen molar-refractivity contribution in [2.45, 2.75) is 13.1 Å². The molecule has 11 nitrogen and oxygen atoms in total. The van der Waals surface area contributed by atoms with Crippen molar-refractivity contribution in [1.82, 2.24) is 34.4 Å². The maximum absolute atomic E-state index is 10.9. The summed E-state index contributed by atoms with van der Waals surface area (Å²) >= 11 is 0. The molecule has 1 fully saturated rings. The van der Waals surface area contributed by atoms with Crippen molar-refractivity contribution >= 4 is 11.5 Å². The Kier molecular flexibility index (Phi) is 4.98. The molecule has 1 aliphatic heterocycles. The number of nitrogens with zero attached hydrogens (tertiary/aromatic N) is 9. The summed E-state index contributed by atoms with van der Waals surface area (Å²) in [5.74, 6) is 0.525. The van der Waals surface area contributed by atoms with E-state index in [0.29, 0.717) is 12.4 Å². The minimum atomic E-state index is -0.450. The Bertz CT molecular complexity index is 945. The molecule has 11 heteroatoms. The Balaban J connectivity index is 1.32. The summed E-state index contributed by atoms with van der Waals surface area (Å²) in [4.78, 5) is 23.3. The van der Waals surface area contributed by atoms with Crippen molar-refractivity contribution in [3.8, 4) is 0 Å². The van der Waals surface area contributed by atoms with Gasteiger partial charge >= 0.3 is 5.82 Å². The predicted octanol–water partition coefficient (Wildman–Crippen LogP) is 0.685. The molecule has 1 aliphatic rings. The number of aromatic nitrogens is 6. The van der Waals surface area contributed by atoms with Crippen LogP contribution >= 0.6 is 0 Å². The molecule has 3 aromatic rings. The van der Waals surface area contributed by atoms with Crippen LogP contribution in [0.3, 0.4) is 0 Å². The van der Waals surface area contributed by atoms with E-state index in [4.69, 9.17) is 0 Å². The zero-order valence-electron chi connectivity index (χ0n) is 15.5. The number of rotatable bonds is 6. The molecule has 0 saturated carbocycles. The normalized spacial score (nSPS) is 15.1. The molecule has 4 rings (SSSR count). The van der Waals surface area contributed by atoms with Gasteiger partial charge in [0.1, 0.15) is 12.7 Å². The Morgan fingerprint density at radius 2 is 1.89 bits per heavy atom. The van der Waals surface area contributed by atoms with E-state index >= 15 is 0 Å². The van der Waals surface area contributed by atoms with Crippen LogP contribution in [-0.4, -0.2) is 65.5 Å². The quantitative estimate of drug-likeness (QED) is 0.451. The highest BCUT2D eigenvalue weighted by Crippen LogP contribution is 2.16. The van der Waals surface area contributed by atoms with Crippen LogP contribution in [0.25, 0.3) is 0 Å². The summed E-state index contributed by atoms with van der Waals surface area (Å²) in [6.07, 6.45) is 6.76. The number of hydrogen-bond donors (Lipinski definition) is 0.